The standard InChI is InChI=1S/C19H17N7/c20-19(25-23-11-13-9-21-17-7-3-1-5-15(13)17)26-24-12-14-10-22-18-8-4-2-6-16(14)18/h1-12,21-22H,(H3,20,25,26)/b23-11+,24-12+. The summed E-state index contributed by atoms with van der Waals surface area (Å²) < 4.78 is 0. The number of aromatic nitrogens is 2. The van der Waals surface area contributed by atoms with Crippen LogP contribution in [0.15, 0.2) is 76.2 Å². The van der Waals surface area contributed by atoms with E-state index in [-0.39, 0.29) is 5.96 Å². The lowest BCUT2D eigenvalue weighted by Crippen LogP contribution is -2.26. The number of hydrazone groups is 1. The van der Waals surface area contributed by atoms with Gasteiger partial charge in [-0.1, -0.05) is 36.4 Å². The number of aromatic amines is 2. The molecule has 0 fully saturated rings. The molecule has 0 atom stereocenters. The van der Waals surface area contributed by atoms with E-state index >= 15 is 0 Å². The molecule has 5 N–H and O–H groups in total. The molecule has 0 radical (unpaired) electrons. The second-order valence-corrected chi connectivity index (χ2v) is 5.68. The van der Waals surface area contributed by atoms with Gasteiger partial charge in [-0.2, -0.15) is 10.2 Å². The van der Waals surface area contributed by atoms with Gasteiger partial charge in [-0.25, -0.2) is 5.43 Å². The van der Waals surface area contributed by atoms with Crippen molar-refractivity contribution in [3.63, 3.8) is 0 Å². The van der Waals surface area contributed by atoms with Gasteiger partial charge in [0, 0.05) is 45.3 Å². The van der Waals surface area contributed by atoms with Gasteiger partial charge in [0.1, 0.15) is 0 Å². The normalized spacial score (nSPS) is 12.7. The quantitative estimate of drug-likeness (QED) is 0.260. The summed E-state index contributed by atoms with van der Waals surface area (Å²) in [5, 5.41) is 14.2. The van der Waals surface area contributed by atoms with Gasteiger partial charge in [0.2, 0.25) is 5.96 Å². The molecule has 26 heavy (non-hydrogen) atoms. The predicted octanol–water partition coefficient (Wildman–Crippen LogP) is 2.92. The molecular formula is C19H17N7. The van der Waals surface area contributed by atoms with Crippen molar-refractivity contribution in [1.82, 2.24) is 15.4 Å². The molecule has 4 rings (SSSR count). The highest BCUT2D eigenvalue weighted by Gasteiger charge is 2.00. The number of nitrogens with two attached hydrogens (primary N) is 1. The van der Waals surface area contributed by atoms with Crippen LogP contribution < -0.4 is 11.2 Å². The molecular weight excluding hydrogens is 326 g/mol. The van der Waals surface area contributed by atoms with Crippen LogP contribution in [0.1, 0.15) is 11.1 Å². The van der Waals surface area contributed by atoms with E-state index in [1.807, 2.05) is 60.9 Å². The lowest BCUT2D eigenvalue weighted by molar-refractivity contribution is 0.994. The van der Waals surface area contributed by atoms with Crippen molar-refractivity contribution in [2.45, 2.75) is 0 Å². The van der Waals surface area contributed by atoms with Crippen LogP contribution in [-0.2, 0) is 0 Å². The Bertz CT molecular complexity index is 1130. The Hall–Kier alpha value is -3.87. The van der Waals surface area contributed by atoms with Crippen LogP contribution in [0.4, 0.5) is 0 Å². The molecule has 7 heteroatoms. The fourth-order valence-corrected chi connectivity index (χ4v) is 2.75. The second kappa shape index (κ2) is 6.94. The van der Waals surface area contributed by atoms with Crippen LogP contribution in [0, 0.1) is 0 Å². The van der Waals surface area contributed by atoms with Crippen LogP contribution in [-0.4, -0.2) is 28.4 Å². The maximum atomic E-state index is 5.77. The Morgan fingerprint density at radius 3 is 2.08 bits per heavy atom. The van der Waals surface area contributed by atoms with Crippen molar-refractivity contribution in [2.75, 3.05) is 0 Å². The number of benzene rings is 2. The number of hydrogen-bond acceptors (Lipinski definition) is 3. The smallest absolute Gasteiger partial charge is 0.234 e. The summed E-state index contributed by atoms with van der Waals surface area (Å²) in [5.41, 5.74) is 12.4. The highest BCUT2D eigenvalue weighted by molar-refractivity contribution is 6.00. The zero-order valence-electron chi connectivity index (χ0n) is 13.8. The molecule has 2 aromatic heterocycles. The third-order valence-corrected chi connectivity index (χ3v) is 3.99. The van der Waals surface area contributed by atoms with Crippen LogP contribution in [0.2, 0.25) is 0 Å². The molecule has 128 valence electrons. The van der Waals surface area contributed by atoms with Gasteiger partial charge in [-0.3, -0.25) is 0 Å². The van der Waals surface area contributed by atoms with E-state index in [0.29, 0.717) is 0 Å². The number of nitrogens with zero attached hydrogens (tertiary/aromatic N) is 3. The Morgan fingerprint density at radius 2 is 1.42 bits per heavy atom. The first-order chi connectivity index (χ1) is 12.8. The van der Waals surface area contributed by atoms with Crippen molar-refractivity contribution < 1.29 is 0 Å². The van der Waals surface area contributed by atoms with E-state index in [0.717, 1.165) is 32.9 Å². The summed E-state index contributed by atoms with van der Waals surface area (Å²) in [6.07, 6.45) is 7.10. The fraction of sp³-hybridized carbons (Fsp3) is 0. The van der Waals surface area contributed by atoms with Gasteiger partial charge in [0.05, 0.1) is 12.4 Å². The van der Waals surface area contributed by atoms with Crippen LogP contribution in [0.5, 0.6) is 0 Å². The molecule has 0 amide bonds. The summed E-state index contributed by atoms with van der Waals surface area (Å²) >= 11 is 0. The highest BCUT2D eigenvalue weighted by Crippen LogP contribution is 2.16. The summed E-state index contributed by atoms with van der Waals surface area (Å²) in [7, 11) is 0. The molecule has 0 aliphatic heterocycles. The van der Waals surface area contributed by atoms with Crippen molar-refractivity contribution in [1.29, 1.82) is 0 Å². The second-order valence-electron chi connectivity index (χ2n) is 5.68. The number of guanidine groups is 1. The molecule has 0 aliphatic carbocycles. The molecule has 0 spiro atoms. The van der Waals surface area contributed by atoms with Crippen LogP contribution in [0.25, 0.3) is 21.8 Å². The molecule has 2 aromatic carbocycles. The molecule has 0 saturated heterocycles. The third kappa shape index (κ3) is 3.18. The first-order valence-electron chi connectivity index (χ1n) is 8.09. The number of para-hydroxylation sites is 2. The van der Waals surface area contributed by atoms with Gasteiger partial charge in [-0.05, 0) is 12.1 Å². The molecule has 4 aromatic rings. The summed E-state index contributed by atoms with van der Waals surface area (Å²) in [4.78, 5) is 6.36. The van der Waals surface area contributed by atoms with Crippen molar-refractivity contribution >= 4 is 40.2 Å². The summed E-state index contributed by atoms with van der Waals surface area (Å²) in [6, 6.07) is 16.0. The van der Waals surface area contributed by atoms with Crippen molar-refractivity contribution in [2.24, 2.45) is 21.0 Å². The van der Waals surface area contributed by atoms with Gasteiger partial charge >= 0.3 is 0 Å². The maximum Gasteiger partial charge on any atom is 0.234 e. The Morgan fingerprint density at radius 1 is 0.846 bits per heavy atom. The molecule has 7 nitrogen and oxygen atoms in total. The van der Waals surface area contributed by atoms with Crippen molar-refractivity contribution in [3.8, 4) is 0 Å². The zero-order chi connectivity index (χ0) is 17.8. The lowest BCUT2D eigenvalue weighted by Gasteiger charge is -1.95. The first kappa shape index (κ1) is 15.6. The fourth-order valence-electron chi connectivity index (χ4n) is 2.75. The minimum atomic E-state index is 0.109. The summed E-state index contributed by atoms with van der Waals surface area (Å²) in [5.74, 6) is 0.109. The van der Waals surface area contributed by atoms with E-state index in [4.69, 9.17) is 5.73 Å². The van der Waals surface area contributed by atoms with Crippen LogP contribution >= 0.6 is 0 Å². The average molecular weight is 343 g/mol. The minimum Gasteiger partial charge on any atom is -0.367 e. The average Bonchev–Trinajstić information content (AvgIpc) is 3.27. The first-order valence-corrected chi connectivity index (χ1v) is 8.09. The van der Waals surface area contributed by atoms with Crippen molar-refractivity contribution in [3.05, 3.63) is 72.1 Å². The molecule has 0 bridgehead atoms. The monoisotopic (exact) mass is 343 g/mol. The molecule has 0 aliphatic rings. The number of nitrogens with one attached hydrogen (secondary N) is 3. The van der Waals surface area contributed by atoms with E-state index in [1.54, 1.807) is 12.4 Å². The number of rotatable bonds is 4. The van der Waals surface area contributed by atoms with E-state index in [1.165, 1.54) is 0 Å². The SMILES string of the molecule is N/C(=N\N=C\c1c[nH]c2ccccc12)N/N=C/c1c[nH]c2ccccc12. The van der Waals surface area contributed by atoms with Gasteiger partial charge in [-0.15, -0.1) is 5.10 Å². The van der Waals surface area contributed by atoms with E-state index in [9.17, 15) is 0 Å². The minimum absolute atomic E-state index is 0.109. The van der Waals surface area contributed by atoms with Crippen LogP contribution in [0.3, 0.4) is 0 Å². The Balaban J connectivity index is 1.42. The Labute approximate surface area is 149 Å². The molecule has 0 saturated carbocycles. The third-order valence-electron chi connectivity index (χ3n) is 3.99. The largest absolute Gasteiger partial charge is 0.367 e. The topological polar surface area (TPSA) is 107 Å². The predicted molar refractivity (Wildman–Crippen MR) is 107 cm³/mol. The van der Waals surface area contributed by atoms with E-state index in [2.05, 4.69) is 30.7 Å². The van der Waals surface area contributed by atoms with Gasteiger partial charge in [0.15, 0.2) is 0 Å². The molecule has 2 heterocycles. The Kier molecular flexibility index (Phi) is 4.17. The number of H-pyrrole nitrogens is 2. The highest BCUT2D eigenvalue weighted by atomic mass is 15.4. The van der Waals surface area contributed by atoms with Gasteiger partial charge in [0.25, 0.3) is 0 Å². The van der Waals surface area contributed by atoms with Gasteiger partial charge < -0.3 is 15.7 Å². The van der Waals surface area contributed by atoms with E-state index < -0.39 is 0 Å². The number of hydrogen-bond donors (Lipinski definition) is 4. The lowest BCUT2D eigenvalue weighted by atomic mass is 10.2. The zero-order valence-corrected chi connectivity index (χ0v) is 13.8. The molecule has 0 unspecified atom stereocenters. The number of fused-ring (bicyclic) bond motifs is 2. The summed E-state index contributed by atoms with van der Waals surface area (Å²) in [6.45, 7) is 0. The maximum absolute atomic E-state index is 5.77.